The molecule has 0 spiro atoms. The fourth-order valence-electron chi connectivity index (χ4n) is 2.78. The highest BCUT2D eigenvalue weighted by molar-refractivity contribution is 5.68. The van der Waals surface area contributed by atoms with E-state index in [2.05, 4.69) is 41.8 Å². The van der Waals surface area contributed by atoms with Gasteiger partial charge in [-0.1, -0.05) is 0 Å². The molecule has 0 saturated heterocycles. The summed E-state index contributed by atoms with van der Waals surface area (Å²) in [5.41, 5.74) is 11.2. The normalized spacial score (nSPS) is 11.3. The fraction of sp³-hybridized carbons (Fsp3) is 0.316. The molecule has 2 aromatic heterocycles. The van der Waals surface area contributed by atoms with Crippen LogP contribution in [0.5, 0.6) is 5.75 Å². The Kier molecular flexibility index (Phi) is 4.35. The molecule has 4 heteroatoms. The van der Waals surface area contributed by atoms with Crippen LogP contribution >= 0.6 is 0 Å². The predicted molar refractivity (Wildman–Crippen MR) is 93.9 cm³/mol. The number of nitrogens with zero attached hydrogens (tertiary/aromatic N) is 2. The topological polar surface area (TPSA) is 52.5 Å². The molecule has 0 radical (unpaired) electrons. The molecule has 23 heavy (non-hydrogen) atoms. The van der Waals surface area contributed by atoms with Crippen LogP contribution in [0.1, 0.15) is 25.1 Å². The first-order valence-electron chi connectivity index (χ1n) is 8.03. The van der Waals surface area contributed by atoms with E-state index in [4.69, 9.17) is 15.5 Å². The van der Waals surface area contributed by atoms with E-state index in [0.717, 1.165) is 34.8 Å². The second-order valence-electron chi connectivity index (χ2n) is 6.07. The van der Waals surface area contributed by atoms with E-state index in [0.29, 0.717) is 6.54 Å². The number of aromatic nitrogens is 2. The van der Waals surface area contributed by atoms with Gasteiger partial charge in [0, 0.05) is 18.2 Å². The van der Waals surface area contributed by atoms with Gasteiger partial charge in [-0.3, -0.25) is 4.40 Å². The molecule has 0 bridgehead atoms. The van der Waals surface area contributed by atoms with Gasteiger partial charge in [0.15, 0.2) is 0 Å². The molecule has 0 amide bonds. The summed E-state index contributed by atoms with van der Waals surface area (Å²) in [7, 11) is 0. The van der Waals surface area contributed by atoms with Gasteiger partial charge in [-0.25, -0.2) is 4.98 Å². The minimum atomic E-state index is 0.174. The first kappa shape index (κ1) is 15.6. The molecule has 0 saturated carbocycles. The lowest BCUT2D eigenvalue weighted by molar-refractivity contribution is 0.242. The Morgan fingerprint density at radius 1 is 1.17 bits per heavy atom. The van der Waals surface area contributed by atoms with Crippen molar-refractivity contribution < 1.29 is 4.74 Å². The zero-order chi connectivity index (χ0) is 16.4. The number of aryl methyl sites for hydroxylation is 1. The van der Waals surface area contributed by atoms with Gasteiger partial charge in [-0.2, -0.15) is 0 Å². The van der Waals surface area contributed by atoms with Crippen LogP contribution in [-0.4, -0.2) is 22.0 Å². The van der Waals surface area contributed by atoms with Crippen LogP contribution in [0.25, 0.3) is 16.9 Å². The monoisotopic (exact) mass is 309 g/mol. The molecule has 3 aromatic rings. The number of ether oxygens (including phenoxy) is 1. The fourth-order valence-corrected chi connectivity index (χ4v) is 2.78. The Morgan fingerprint density at radius 3 is 2.57 bits per heavy atom. The second-order valence-corrected chi connectivity index (χ2v) is 6.07. The van der Waals surface area contributed by atoms with Gasteiger partial charge < -0.3 is 10.5 Å². The van der Waals surface area contributed by atoms with E-state index < -0.39 is 0 Å². The molecule has 0 unspecified atom stereocenters. The number of nitrogens with two attached hydrogens (primary N) is 1. The summed E-state index contributed by atoms with van der Waals surface area (Å²) in [6.07, 6.45) is 3.01. The Hall–Kier alpha value is -2.33. The van der Waals surface area contributed by atoms with E-state index in [1.165, 1.54) is 5.56 Å². The maximum atomic E-state index is 5.77. The third-order valence-electron chi connectivity index (χ3n) is 3.73. The summed E-state index contributed by atoms with van der Waals surface area (Å²) in [6, 6.07) is 12.4. The Morgan fingerprint density at radius 2 is 1.91 bits per heavy atom. The molecule has 0 atom stereocenters. The van der Waals surface area contributed by atoms with Gasteiger partial charge in [0.1, 0.15) is 11.4 Å². The summed E-state index contributed by atoms with van der Waals surface area (Å²) < 4.78 is 7.86. The number of pyridine rings is 1. The van der Waals surface area contributed by atoms with Crippen LogP contribution in [-0.2, 0) is 6.42 Å². The lowest BCUT2D eigenvalue weighted by Gasteiger charge is -2.11. The van der Waals surface area contributed by atoms with Crippen molar-refractivity contribution in [1.29, 1.82) is 0 Å². The number of hydrogen-bond acceptors (Lipinski definition) is 3. The van der Waals surface area contributed by atoms with Gasteiger partial charge in [-0.15, -0.1) is 0 Å². The summed E-state index contributed by atoms with van der Waals surface area (Å²) in [6.45, 7) is 6.72. The van der Waals surface area contributed by atoms with Crippen LogP contribution < -0.4 is 10.5 Å². The number of hydrogen-bond donors (Lipinski definition) is 1. The van der Waals surface area contributed by atoms with E-state index in [1.807, 2.05) is 26.0 Å². The Bertz CT molecular complexity index is 803. The zero-order valence-electron chi connectivity index (χ0n) is 13.9. The minimum Gasteiger partial charge on any atom is -0.491 e. The molecule has 0 aliphatic carbocycles. The average molecular weight is 309 g/mol. The maximum absolute atomic E-state index is 5.77. The Balaban J connectivity index is 2.08. The first-order chi connectivity index (χ1) is 11.1. The van der Waals surface area contributed by atoms with Gasteiger partial charge in [0.25, 0.3) is 0 Å². The standard InChI is InChI=1S/C19H23N3O/c1-13(2)23-16-6-4-15(5-7-16)19-17(8-10-20)21-18-12-14(3)9-11-22(18)19/h4-7,9,11-13H,8,10,20H2,1-3H3. The Labute approximate surface area is 136 Å². The van der Waals surface area contributed by atoms with Crippen LogP contribution in [0.2, 0.25) is 0 Å². The van der Waals surface area contributed by atoms with Crippen molar-refractivity contribution >= 4 is 5.65 Å². The van der Waals surface area contributed by atoms with Crippen molar-refractivity contribution in [2.45, 2.75) is 33.3 Å². The molecule has 2 N–H and O–H groups in total. The maximum Gasteiger partial charge on any atom is 0.137 e. The summed E-state index contributed by atoms with van der Waals surface area (Å²) in [5.74, 6) is 0.883. The second kappa shape index (κ2) is 6.42. The number of benzene rings is 1. The van der Waals surface area contributed by atoms with E-state index >= 15 is 0 Å². The molecule has 3 rings (SSSR count). The summed E-state index contributed by atoms with van der Waals surface area (Å²) >= 11 is 0. The number of rotatable bonds is 5. The summed E-state index contributed by atoms with van der Waals surface area (Å²) in [5, 5.41) is 0. The average Bonchev–Trinajstić information content (AvgIpc) is 2.85. The van der Waals surface area contributed by atoms with Crippen LogP contribution in [0.4, 0.5) is 0 Å². The molecular weight excluding hydrogens is 286 g/mol. The quantitative estimate of drug-likeness (QED) is 0.783. The third-order valence-corrected chi connectivity index (χ3v) is 3.73. The van der Waals surface area contributed by atoms with E-state index in [1.54, 1.807) is 0 Å². The van der Waals surface area contributed by atoms with Crippen molar-refractivity contribution in [2.75, 3.05) is 6.54 Å². The summed E-state index contributed by atoms with van der Waals surface area (Å²) in [4.78, 5) is 4.76. The third kappa shape index (κ3) is 3.22. The SMILES string of the molecule is Cc1ccn2c(-c3ccc(OC(C)C)cc3)c(CCN)nc2c1. The highest BCUT2D eigenvalue weighted by Gasteiger charge is 2.14. The first-order valence-corrected chi connectivity index (χ1v) is 8.03. The van der Waals surface area contributed by atoms with E-state index in [9.17, 15) is 0 Å². The van der Waals surface area contributed by atoms with Gasteiger partial charge in [-0.05, 0) is 69.3 Å². The van der Waals surface area contributed by atoms with Crippen molar-refractivity contribution in [2.24, 2.45) is 5.73 Å². The largest absolute Gasteiger partial charge is 0.491 e. The van der Waals surface area contributed by atoms with Crippen molar-refractivity contribution in [3.8, 4) is 17.0 Å². The molecule has 0 aliphatic heterocycles. The van der Waals surface area contributed by atoms with Gasteiger partial charge in [0.05, 0.1) is 17.5 Å². The molecule has 2 heterocycles. The van der Waals surface area contributed by atoms with Crippen LogP contribution in [0, 0.1) is 6.92 Å². The minimum absolute atomic E-state index is 0.174. The van der Waals surface area contributed by atoms with E-state index in [-0.39, 0.29) is 6.10 Å². The zero-order valence-corrected chi connectivity index (χ0v) is 13.9. The van der Waals surface area contributed by atoms with Crippen LogP contribution in [0.15, 0.2) is 42.6 Å². The molecule has 4 nitrogen and oxygen atoms in total. The van der Waals surface area contributed by atoms with Gasteiger partial charge in [0.2, 0.25) is 0 Å². The lowest BCUT2D eigenvalue weighted by Crippen LogP contribution is -2.05. The highest BCUT2D eigenvalue weighted by Crippen LogP contribution is 2.28. The molecular formula is C19H23N3O. The van der Waals surface area contributed by atoms with Crippen molar-refractivity contribution in [3.05, 3.63) is 53.9 Å². The number of imidazole rings is 1. The highest BCUT2D eigenvalue weighted by atomic mass is 16.5. The van der Waals surface area contributed by atoms with Gasteiger partial charge >= 0.3 is 0 Å². The predicted octanol–water partition coefficient (Wildman–Crippen LogP) is 3.60. The molecule has 120 valence electrons. The van der Waals surface area contributed by atoms with Crippen molar-refractivity contribution in [1.82, 2.24) is 9.38 Å². The number of fused-ring (bicyclic) bond motifs is 1. The molecule has 0 fully saturated rings. The van der Waals surface area contributed by atoms with Crippen LogP contribution in [0.3, 0.4) is 0 Å². The smallest absolute Gasteiger partial charge is 0.137 e. The lowest BCUT2D eigenvalue weighted by atomic mass is 10.1. The molecule has 1 aromatic carbocycles. The van der Waals surface area contributed by atoms with Crippen molar-refractivity contribution in [3.63, 3.8) is 0 Å². The molecule has 0 aliphatic rings.